The zero-order valence-corrected chi connectivity index (χ0v) is 12.8. The predicted molar refractivity (Wildman–Crippen MR) is 83.5 cm³/mol. The SMILES string of the molecule is CC(C)(C)OC(=O)Nc1cnccc1C(F)c1ccccc1. The first-order valence-electron chi connectivity index (χ1n) is 7.00. The van der Waals surface area contributed by atoms with Crippen LogP contribution in [0.3, 0.4) is 0 Å². The van der Waals surface area contributed by atoms with Crippen molar-refractivity contribution in [3.8, 4) is 0 Å². The number of amides is 1. The van der Waals surface area contributed by atoms with E-state index in [0.29, 0.717) is 16.8 Å². The second-order valence-corrected chi connectivity index (χ2v) is 5.86. The molecule has 1 heterocycles. The van der Waals surface area contributed by atoms with Gasteiger partial charge in [-0.15, -0.1) is 0 Å². The summed E-state index contributed by atoms with van der Waals surface area (Å²) in [5.74, 6) is 0. The fourth-order valence-corrected chi connectivity index (χ4v) is 1.95. The minimum absolute atomic E-state index is 0.299. The molecule has 116 valence electrons. The number of hydrogen-bond donors (Lipinski definition) is 1. The van der Waals surface area contributed by atoms with Gasteiger partial charge in [0.05, 0.1) is 11.9 Å². The van der Waals surface area contributed by atoms with Crippen LogP contribution < -0.4 is 5.32 Å². The molecule has 1 atom stereocenters. The summed E-state index contributed by atoms with van der Waals surface area (Å²) < 4.78 is 19.9. The van der Waals surface area contributed by atoms with Gasteiger partial charge in [0.2, 0.25) is 0 Å². The van der Waals surface area contributed by atoms with E-state index in [4.69, 9.17) is 4.74 Å². The molecule has 1 aromatic heterocycles. The Bertz CT molecular complexity index is 639. The standard InChI is InChI=1S/C17H19FN2O2/c1-17(2,3)22-16(21)20-14-11-19-10-9-13(14)15(18)12-7-5-4-6-8-12/h4-11,15H,1-3H3,(H,20,21). The molecule has 5 heteroatoms. The number of benzene rings is 1. The number of pyridine rings is 1. The van der Waals surface area contributed by atoms with Crippen molar-refractivity contribution in [2.75, 3.05) is 5.32 Å². The highest BCUT2D eigenvalue weighted by molar-refractivity contribution is 5.85. The van der Waals surface area contributed by atoms with E-state index in [0.717, 1.165) is 0 Å². The number of anilines is 1. The molecule has 22 heavy (non-hydrogen) atoms. The molecule has 0 saturated heterocycles. The summed E-state index contributed by atoms with van der Waals surface area (Å²) in [7, 11) is 0. The summed E-state index contributed by atoms with van der Waals surface area (Å²) in [5, 5.41) is 2.55. The fraction of sp³-hybridized carbons (Fsp3) is 0.294. The number of rotatable bonds is 3. The van der Waals surface area contributed by atoms with Crippen LogP contribution in [-0.2, 0) is 4.74 Å². The molecule has 0 aliphatic heterocycles. The minimum atomic E-state index is -1.35. The Morgan fingerprint density at radius 1 is 1.23 bits per heavy atom. The second-order valence-electron chi connectivity index (χ2n) is 5.86. The van der Waals surface area contributed by atoms with Gasteiger partial charge in [-0.1, -0.05) is 30.3 Å². The monoisotopic (exact) mass is 302 g/mol. The molecule has 0 saturated carbocycles. The van der Waals surface area contributed by atoms with E-state index >= 15 is 0 Å². The lowest BCUT2D eigenvalue weighted by Crippen LogP contribution is -2.27. The molecular formula is C17H19FN2O2. The van der Waals surface area contributed by atoms with Gasteiger partial charge in [0.15, 0.2) is 6.17 Å². The average molecular weight is 302 g/mol. The molecule has 0 radical (unpaired) electrons. The number of nitrogens with zero attached hydrogens (tertiary/aromatic N) is 1. The number of halogens is 1. The molecule has 0 spiro atoms. The minimum Gasteiger partial charge on any atom is -0.444 e. The lowest BCUT2D eigenvalue weighted by Gasteiger charge is -2.21. The van der Waals surface area contributed by atoms with Crippen LogP contribution in [0.25, 0.3) is 0 Å². The van der Waals surface area contributed by atoms with Gasteiger partial charge >= 0.3 is 6.09 Å². The van der Waals surface area contributed by atoms with Crippen molar-refractivity contribution in [3.05, 3.63) is 59.9 Å². The molecular weight excluding hydrogens is 283 g/mol. The Kier molecular flexibility index (Phi) is 4.75. The van der Waals surface area contributed by atoms with Crippen LogP contribution in [0.2, 0.25) is 0 Å². The molecule has 1 unspecified atom stereocenters. The van der Waals surface area contributed by atoms with Crippen molar-refractivity contribution in [2.24, 2.45) is 0 Å². The fourth-order valence-electron chi connectivity index (χ4n) is 1.95. The zero-order chi connectivity index (χ0) is 16.2. The van der Waals surface area contributed by atoms with E-state index in [9.17, 15) is 9.18 Å². The highest BCUT2D eigenvalue weighted by Gasteiger charge is 2.20. The number of alkyl halides is 1. The Labute approximate surface area is 129 Å². The Hall–Kier alpha value is -2.43. The molecule has 0 fully saturated rings. The van der Waals surface area contributed by atoms with Gasteiger partial charge in [-0.3, -0.25) is 10.3 Å². The predicted octanol–water partition coefficient (Wildman–Crippen LogP) is 4.49. The third-order valence-corrected chi connectivity index (χ3v) is 2.86. The van der Waals surface area contributed by atoms with Crippen LogP contribution in [0, 0.1) is 0 Å². The number of aromatic nitrogens is 1. The molecule has 2 rings (SSSR count). The molecule has 0 bridgehead atoms. The molecule has 1 aromatic carbocycles. The van der Waals surface area contributed by atoms with Crippen LogP contribution in [0.1, 0.15) is 38.1 Å². The maximum Gasteiger partial charge on any atom is 0.412 e. The quantitative estimate of drug-likeness (QED) is 0.909. The van der Waals surface area contributed by atoms with Crippen molar-refractivity contribution in [2.45, 2.75) is 32.5 Å². The van der Waals surface area contributed by atoms with Crippen LogP contribution in [0.4, 0.5) is 14.9 Å². The topological polar surface area (TPSA) is 51.2 Å². The van der Waals surface area contributed by atoms with E-state index in [1.807, 2.05) is 6.07 Å². The lowest BCUT2D eigenvalue weighted by molar-refractivity contribution is 0.0635. The molecule has 2 aromatic rings. The Balaban J connectivity index is 2.22. The van der Waals surface area contributed by atoms with Crippen molar-refractivity contribution in [3.63, 3.8) is 0 Å². The summed E-state index contributed by atoms with van der Waals surface area (Å²) in [6.07, 6.45) is 0.913. The largest absolute Gasteiger partial charge is 0.444 e. The number of hydrogen-bond acceptors (Lipinski definition) is 3. The van der Waals surface area contributed by atoms with Gasteiger partial charge in [-0.05, 0) is 32.4 Å². The lowest BCUT2D eigenvalue weighted by atomic mass is 10.0. The molecule has 0 aliphatic carbocycles. The van der Waals surface area contributed by atoms with E-state index in [1.165, 1.54) is 12.4 Å². The average Bonchev–Trinajstić information content (AvgIpc) is 2.46. The highest BCUT2D eigenvalue weighted by atomic mass is 19.1. The summed E-state index contributed by atoms with van der Waals surface area (Å²) in [5.41, 5.74) is 0.530. The van der Waals surface area contributed by atoms with Crippen molar-refractivity contribution < 1.29 is 13.9 Å². The third-order valence-electron chi connectivity index (χ3n) is 2.86. The van der Waals surface area contributed by atoms with Gasteiger partial charge in [0, 0.05) is 11.8 Å². The van der Waals surface area contributed by atoms with Crippen molar-refractivity contribution in [1.82, 2.24) is 4.98 Å². The molecule has 1 amide bonds. The van der Waals surface area contributed by atoms with Gasteiger partial charge in [-0.25, -0.2) is 9.18 Å². The number of carbonyl (C=O) groups is 1. The molecule has 0 aliphatic rings. The van der Waals surface area contributed by atoms with Crippen LogP contribution in [0.5, 0.6) is 0 Å². The van der Waals surface area contributed by atoms with E-state index in [1.54, 1.807) is 51.1 Å². The van der Waals surface area contributed by atoms with E-state index in [-0.39, 0.29) is 0 Å². The summed E-state index contributed by atoms with van der Waals surface area (Å²) >= 11 is 0. The molecule has 4 nitrogen and oxygen atoms in total. The van der Waals surface area contributed by atoms with Gasteiger partial charge < -0.3 is 4.74 Å². The normalized spacial score (nSPS) is 12.5. The summed E-state index contributed by atoms with van der Waals surface area (Å²) in [6.45, 7) is 5.29. The van der Waals surface area contributed by atoms with Crippen LogP contribution >= 0.6 is 0 Å². The van der Waals surface area contributed by atoms with Crippen LogP contribution in [0.15, 0.2) is 48.8 Å². The molecule has 1 N–H and O–H groups in total. The van der Waals surface area contributed by atoms with Gasteiger partial charge in [0.25, 0.3) is 0 Å². The van der Waals surface area contributed by atoms with E-state index < -0.39 is 17.9 Å². The first kappa shape index (κ1) is 15.9. The zero-order valence-electron chi connectivity index (χ0n) is 12.8. The van der Waals surface area contributed by atoms with Crippen molar-refractivity contribution >= 4 is 11.8 Å². The van der Waals surface area contributed by atoms with Crippen molar-refractivity contribution in [1.29, 1.82) is 0 Å². The van der Waals surface area contributed by atoms with Gasteiger partial charge in [0.1, 0.15) is 5.60 Å². The number of carbonyl (C=O) groups excluding carboxylic acids is 1. The first-order valence-corrected chi connectivity index (χ1v) is 7.00. The first-order chi connectivity index (χ1) is 10.4. The van der Waals surface area contributed by atoms with Crippen LogP contribution in [-0.4, -0.2) is 16.7 Å². The summed E-state index contributed by atoms with van der Waals surface area (Å²) in [4.78, 5) is 15.8. The van der Waals surface area contributed by atoms with E-state index in [2.05, 4.69) is 10.3 Å². The second kappa shape index (κ2) is 6.56. The third kappa shape index (κ3) is 4.28. The Morgan fingerprint density at radius 2 is 1.91 bits per heavy atom. The highest BCUT2D eigenvalue weighted by Crippen LogP contribution is 2.31. The number of ether oxygens (including phenoxy) is 1. The maximum atomic E-state index is 14.7. The van der Waals surface area contributed by atoms with Gasteiger partial charge in [-0.2, -0.15) is 0 Å². The Morgan fingerprint density at radius 3 is 2.55 bits per heavy atom. The smallest absolute Gasteiger partial charge is 0.412 e. The summed E-state index contributed by atoms with van der Waals surface area (Å²) in [6, 6.07) is 10.3. The number of nitrogens with one attached hydrogen (secondary N) is 1. The maximum absolute atomic E-state index is 14.7.